The normalized spacial score (nSPS) is 12.2. The summed E-state index contributed by atoms with van der Waals surface area (Å²) in [6, 6.07) is 70.6. The van der Waals surface area contributed by atoms with Crippen molar-refractivity contribution in [3.8, 4) is 0 Å². The summed E-state index contributed by atoms with van der Waals surface area (Å²) in [5.41, 5.74) is 13.8. The Labute approximate surface area is 445 Å². The standard InChI is InChI=1S/C28H20OS.C23H21NO2S2.C13H9BrO/c1-19(21-11-7-12-24(16-21)28(29)20-8-3-2-4-9-20)22-14-15-27-25(17-22)18-23-10-5-6-13-26(23)30-27;1-16-7-10-21(11-8-16)28(25,26)15-24-17(2)18-9-12-23-20(13-18)14-19-5-3-4-6-22(19)27-23;14-12-8-4-7-11(9-12)13(15)10-5-2-1-3-6-10/h2-17H,1,18H2;3-13H,14-15H2,1-2H3;1-9H. The van der Waals surface area contributed by atoms with Crippen LogP contribution in [-0.4, -0.2) is 31.6 Å². The molecule has 11 rings (SSSR count). The average molecular weight is 1070 g/mol. The summed E-state index contributed by atoms with van der Waals surface area (Å²) in [5.74, 6) is -0.156. The van der Waals surface area contributed by atoms with E-state index in [-0.39, 0.29) is 17.4 Å². The molecule has 0 unspecified atom stereocenters. The summed E-state index contributed by atoms with van der Waals surface area (Å²) in [7, 11) is -3.43. The summed E-state index contributed by atoms with van der Waals surface area (Å²) in [6.45, 7) is 8.15. The molecule has 9 aromatic rings. The molecule has 0 atom stereocenters. The molecule has 0 N–H and O–H groups in total. The van der Waals surface area contributed by atoms with Crippen LogP contribution < -0.4 is 0 Å². The molecule has 2 heterocycles. The first-order chi connectivity index (χ1) is 35.4. The molecule has 9 heteroatoms. The highest BCUT2D eigenvalue weighted by atomic mass is 79.9. The van der Waals surface area contributed by atoms with Crippen molar-refractivity contribution in [1.29, 1.82) is 0 Å². The van der Waals surface area contributed by atoms with Crippen LogP contribution in [0, 0.1) is 6.92 Å². The SMILES string of the molecule is C=C(c1cccc(C(=O)c2ccccc2)c1)c1ccc2c(c1)Cc1ccccc1S2.CC(=NCS(=O)(=O)c1ccc(C)cc1)c1ccc2c(c1)Cc1ccccc1S2.O=C(c1ccccc1)c1cccc(Br)c1. The summed E-state index contributed by atoms with van der Waals surface area (Å²) >= 11 is 6.96. The van der Waals surface area contributed by atoms with Gasteiger partial charge in [0.1, 0.15) is 5.88 Å². The van der Waals surface area contributed by atoms with Crippen LogP contribution in [0.3, 0.4) is 0 Å². The fourth-order valence-corrected chi connectivity index (χ4v) is 12.0. The van der Waals surface area contributed by atoms with E-state index in [1.54, 1.807) is 23.9 Å². The predicted molar refractivity (Wildman–Crippen MR) is 304 cm³/mol. The zero-order valence-electron chi connectivity index (χ0n) is 40.3. The lowest BCUT2D eigenvalue weighted by Gasteiger charge is -2.20. The molecule has 0 fully saturated rings. The first-order valence-corrected chi connectivity index (χ1v) is 27.8. The molecular weight excluding hydrogens is 1020 g/mol. The molecule has 0 radical (unpaired) electrons. The van der Waals surface area contributed by atoms with Crippen molar-refractivity contribution >= 4 is 72.1 Å². The third kappa shape index (κ3) is 12.6. The number of halogens is 1. The predicted octanol–water partition coefficient (Wildman–Crippen LogP) is 16.0. The van der Waals surface area contributed by atoms with Gasteiger partial charge in [0.05, 0.1) is 4.90 Å². The van der Waals surface area contributed by atoms with E-state index in [0.29, 0.717) is 21.6 Å². The zero-order valence-corrected chi connectivity index (χ0v) is 44.3. The van der Waals surface area contributed by atoms with Crippen molar-refractivity contribution in [2.45, 2.75) is 51.2 Å². The van der Waals surface area contributed by atoms with Crippen LogP contribution in [0.15, 0.2) is 259 Å². The minimum Gasteiger partial charge on any atom is -0.289 e. The minimum absolute atomic E-state index is 0.0312. The Morgan fingerprint density at radius 2 is 0.918 bits per heavy atom. The van der Waals surface area contributed by atoms with E-state index >= 15 is 0 Å². The molecule has 2 aliphatic rings. The highest BCUT2D eigenvalue weighted by Gasteiger charge is 2.20. The van der Waals surface area contributed by atoms with Crippen LogP contribution in [-0.2, 0) is 22.7 Å². The van der Waals surface area contributed by atoms with Gasteiger partial charge < -0.3 is 0 Å². The fraction of sp³-hybridized carbons (Fsp3) is 0.0781. The molecular formula is C64H50BrNO4S3. The van der Waals surface area contributed by atoms with Gasteiger partial charge in [-0.05, 0) is 138 Å². The number of aliphatic imine (C=N–C) groups is 1. The molecule has 0 aromatic heterocycles. The maximum atomic E-state index is 12.8. The maximum Gasteiger partial charge on any atom is 0.198 e. The Hall–Kier alpha value is -7.14. The first-order valence-electron chi connectivity index (χ1n) is 23.7. The van der Waals surface area contributed by atoms with Gasteiger partial charge in [-0.3, -0.25) is 14.6 Å². The largest absolute Gasteiger partial charge is 0.289 e. The van der Waals surface area contributed by atoms with Crippen molar-refractivity contribution in [1.82, 2.24) is 0 Å². The van der Waals surface area contributed by atoms with Gasteiger partial charge in [-0.2, -0.15) is 0 Å². The fourth-order valence-electron chi connectivity index (χ4n) is 8.44. The highest BCUT2D eigenvalue weighted by Crippen LogP contribution is 2.41. The van der Waals surface area contributed by atoms with Crippen LogP contribution in [0.4, 0.5) is 0 Å². The van der Waals surface area contributed by atoms with Crippen LogP contribution in [0.1, 0.15) is 83.3 Å². The quantitative estimate of drug-likeness (QED) is 0.100. The third-order valence-corrected chi connectivity index (χ3v) is 16.9. The van der Waals surface area contributed by atoms with Crippen molar-refractivity contribution in [2.24, 2.45) is 4.99 Å². The molecule has 73 heavy (non-hydrogen) atoms. The Morgan fingerprint density at radius 3 is 1.48 bits per heavy atom. The molecule has 2 aliphatic heterocycles. The first kappa shape index (κ1) is 50.8. The number of ketones is 2. The van der Waals surface area contributed by atoms with E-state index in [4.69, 9.17) is 0 Å². The second kappa shape index (κ2) is 23.2. The third-order valence-electron chi connectivity index (χ3n) is 12.5. The van der Waals surface area contributed by atoms with Crippen molar-refractivity contribution in [2.75, 3.05) is 5.88 Å². The lowest BCUT2D eigenvalue weighted by molar-refractivity contribution is 0.103. The monoisotopic (exact) mass is 1070 g/mol. The number of fused-ring (bicyclic) bond motifs is 4. The van der Waals surface area contributed by atoms with Crippen molar-refractivity contribution in [3.63, 3.8) is 0 Å². The molecule has 0 saturated heterocycles. The lowest BCUT2D eigenvalue weighted by Crippen LogP contribution is -2.08. The number of aryl methyl sites for hydroxylation is 1. The van der Waals surface area contributed by atoms with Gasteiger partial charge in [-0.15, -0.1) is 0 Å². The van der Waals surface area contributed by atoms with Crippen LogP contribution >= 0.6 is 39.5 Å². The molecule has 0 bridgehead atoms. The minimum atomic E-state index is -3.43. The highest BCUT2D eigenvalue weighted by molar-refractivity contribution is 9.10. The number of carbonyl (C=O) groups excluding carboxylic acids is 2. The summed E-state index contributed by atoms with van der Waals surface area (Å²) in [6.07, 6.45) is 1.83. The second-order valence-corrected chi connectivity index (χ2v) is 22.7. The van der Waals surface area contributed by atoms with E-state index < -0.39 is 9.84 Å². The molecule has 0 saturated carbocycles. The van der Waals surface area contributed by atoms with Gasteiger partial charge in [0.25, 0.3) is 0 Å². The number of sulfone groups is 1. The Morgan fingerprint density at radius 1 is 0.479 bits per heavy atom. The van der Waals surface area contributed by atoms with Gasteiger partial charge in [-0.25, -0.2) is 8.42 Å². The molecule has 0 amide bonds. The molecule has 0 spiro atoms. The number of nitrogens with zero attached hydrogens (tertiary/aromatic N) is 1. The van der Waals surface area contributed by atoms with Crippen molar-refractivity contribution < 1.29 is 18.0 Å². The summed E-state index contributed by atoms with van der Waals surface area (Å²) in [5, 5.41) is 0. The van der Waals surface area contributed by atoms with Gasteiger partial charge in [0.2, 0.25) is 0 Å². The van der Waals surface area contributed by atoms with Crippen molar-refractivity contribution in [3.05, 3.63) is 296 Å². The van der Waals surface area contributed by atoms with Crippen LogP contribution in [0.25, 0.3) is 5.57 Å². The zero-order chi connectivity index (χ0) is 50.9. The Kier molecular flexibility index (Phi) is 16.1. The van der Waals surface area contributed by atoms with E-state index in [9.17, 15) is 18.0 Å². The Bertz CT molecular complexity index is 3650. The molecule has 9 aromatic carbocycles. The van der Waals surface area contributed by atoms with Gasteiger partial charge >= 0.3 is 0 Å². The second-order valence-electron chi connectivity index (χ2n) is 17.7. The van der Waals surface area contributed by atoms with E-state index in [0.717, 1.165) is 56.4 Å². The number of rotatable bonds is 10. The lowest BCUT2D eigenvalue weighted by atomic mass is 9.93. The van der Waals surface area contributed by atoms with Gasteiger partial charge in [-0.1, -0.05) is 203 Å². The van der Waals surface area contributed by atoms with E-state index in [1.807, 2.05) is 153 Å². The van der Waals surface area contributed by atoms with E-state index in [2.05, 4.69) is 106 Å². The van der Waals surface area contributed by atoms with E-state index in [1.165, 1.54) is 41.8 Å². The maximum absolute atomic E-state index is 12.8. The molecule has 5 nitrogen and oxygen atoms in total. The smallest absolute Gasteiger partial charge is 0.198 e. The topological polar surface area (TPSA) is 80.6 Å². The Balaban J connectivity index is 0.000000142. The van der Waals surface area contributed by atoms with Gasteiger partial charge in [0, 0.05) is 52.0 Å². The van der Waals surface area contributed by atoms with Crippen LogP contribution in [0.5, 0.6) is 0 Å². The number of hydrogen-bond donors (Lipinski definition) is 0. The molecule has 0 aliphatic carbocycles. The van der Waals surface area contributed by atoms with Gasteiger partial charge in [0.15, 0.2) is 21.4 Å². The summed E-state index contributed by atoms with van der Waals surface area (Å²) in [4.78, 5) is 34.7. The number of hydrogen-bond acceptors (Lipinski definition) is 7. The average Bonchev–Trinajstić information content (AvgIpc) is 3.43. The summed E-state index contributed by atoms with van der Waals surface area (Å²) < 4.78 is 26.0. The molecule has 360 valence electrons. The van der Waals surface area contributed by atoms with Crippen LogP contribution in [0.2, 0.25) is 0 Å². The number of benzene rings is 9. The number of carbonyl (C=O) groups is 2.